The molecule has 4 N–H and O–H groups in total. The summed E-state index contributed by atoms with van der Waals surface area (Å²) in [6.07, 6.45) is 0.230. The summed E-state index contributed by atoms with van der Waals surface area (Å²) in [5.41, 5.74) is 12.0. The van der Waals surface area contributed by atoms with Crippen molar-refractivity contribution in [3.8, 4) is 0 Å². The SMILES string of the molecule is NC(=O)Cc1ccc(N)c(S)c1. The van der Waals surface area contributed by atoms with E-state index in [0.717, 1.165) is 5.56 Å². The summed E-state index contributed by atoms with van der Waals surface area (Å²) in [6, 6.07) is 5.21. The molecule has 0 aliphatic rings. The Hall–Kier alpha value is -1.16. The molecule has 0 unspecified atom stereocenters. The number of thiol groups is 1. The average molecular weight is 182 g/mol. The van der Waals surface area contributed by atoms with Gasteiger partial charge in [-0.05, 0) is 17.7 Å². The van der Waals surface area contributed by atoms with E-state index in [4.69, 9.17) is 11.5 Å². The first-order valence-electron chi connectivity index (χ1n) is 3.45. The van der Waals surface area contributed by atoms with Crippen molar-refractivity contribution in [2.75, 3.05) is 5.73 Å². The standard InChI is InChI=1S/C8H10N2OS/c9-6-2-1-5(3-7(6)12)4-8(10)11/h1-3,12H,4,9H2,(H2,10,11). The zero-order valence-electron chi connectivity index (χ0n) is 6.45. The molecule has 0 aromatic heterocycles. The van der Waals surface area contributed by atoms with Gasteiger partial charge in [0.15, 0.2) is 0 Å². The van der Waals surface area contributed by atoms with Crippen LogP contribution in [0.5, 0.6) is 0 Å². The summed E-state index contributed by atoms with van der Waals surface area (Å²) in [7, 11) is 0. The molecule has 0 aliphatic carbocycles. The van der Waals surface area contributed by atoms with Crippen molar-refractivity contribution in [3.63, 3.8) is 0 Å². The quantitative estimate of drug-likeness (QED) is 0.462. The highest BCUT2D eigenvalue weighted by molar-refractivity contribution is 7.80. The monoisotopic (exact) mass is 182 g/mol. The fourth-order valence-electron chi connectivity index (χ4n) is 0.900. The number of rotatable bonds is 2. The maximum absolute atomic E-state index is 10.5. The fraction of sp³-hybridized carbons (Fsp3) is 0.125. The van der Waals surface area contributed by atoms with Gasteiger partial charge in [-0.3, -0.25) is 4.79 Å². The van der Waals surface area contributed by atoms with Gasteiger partial charge in [-0.15, -0.1) is 12.6 Å². The van der Waals surface area contributed by atoms with E-state index < -0.39 is 0 Å². The fourth-order valence-corrected chi connectivity index (χ4v) is 1.14. The normalized spacial score (nSPS) is 9.75. The minimum Gasteiger partial charge on any atom is -0.398 e. The molecule has 1 rings (SSSR count). The highest BCUT2D eigenvalue weighted by atomic mass is 32.1. The number of hydrogen-bond acceptors (Lipinski definition) is 3. The van der Waals surface area contributed by atoms with Crippen molar-refractivity contribution in [1.82, 2.24) is 0 Å². The first kappa shape index (κ1) is 8.93. The van der Waals surface area contributed by atoms with Crippen LogP contribution in [-0.2, 0) is 11.2 Å². The molecule has 0 saturated carbocycles. The number of nitrogen functional groups attached to an aromatic ring is 1. The molecule has 0 spiro atoms. The highest BCUT2D eigenvalue weighted by Gasteiger charge is 2.00. The maximum atomic E-state index is 10.5. The van der Waals surface area contributed by atoms with Gasteiger partial charge in [0.2, 0.25) is 5.91 Å². The number of anilines is 1. The third-order valence-corrected chi connectivity index (χ3v) is 1.86. The molecule has 0 fully saturated rings. The molecule has 0 heterocycles. The third-order valence-electron chi connectivity index (χ3n) is 1.47. The Morgan fingerprint density at radius 2 is 2.17 bits per heavy atom. The van der Waals surface area contributed by atoms with Crippen LogP contribution < -0.4 is 11.5 Å². The number of carbonyl (C=O) groups is 1. The lowest BCUT2D eigenvalue weighted by atomic mass is 10.1. The Balaban J connectivity index is 2.89. The van der Waals surface area contributed by atoms with E-state index in [0.29, 0.717) is 10.6 Å². The number of benzene rings is 1. The van der Waals surface area contributed by atoms with Crippen LogP contribution in [0.1, 0.15) is 5.56 Å². The Kier molecular flexibility index (Phi) is 2.60. The van der Waals surface area contributed by atoms with E-state index in [9.17, 15) is 4.79 Å². The minimum atomic E-state index is -0.354. The van der Waals surface area contributed by atoms with E-state index in [1.54, 1.807) is 18.2 Å². The first-order chi connectivity index (χ1) is 5.59. The molecule has 64 valence electrons. The molecule has 3 nitrogen and oxygen atoms in total. The first-order valence-corrected chi connectivity index (χ1v) is 3.90. The van der Waals surface area contributed by atoms with Crippen molar-refractivity contribution in [2.24, 2.45) is 5.73 Å². The second kappa shape index (κ2) is 3.49. The van der Waals surface area contributed by atoms with Crippen LogP contribution in [0.2, 0.25) is 0 Å². The highest BCUT2D eigenvalue weighted by Crippen LogP contribution is 2.17. The van der Waals surface area contributed by atoms with Crippen molar-refractivity contribution in [3.05, 3.63) is 23.8 Å². The third kappa shape index (κ3) is 2.17. The van der Waals surface area contributed by atoms with Gasteiger partial charge in [0.25, 0.3) is 0 Å². The van der Waals surface area contributed by atoms with Crippen LogP contribution in [-0.4, -0.2) is 5.91 Å². The smallest absolute Gasteiger partial charge is 0.221 e. The number of amides is 1. The Bertz CT molecular complexity index is 312. The molecule has 0 radical (unpaired) electrons. The largest absolute Gasteiger partial charge is 0.398 e. The molecule has 1 aromatic rings. The summed E-state index contributed by atoms with van der Waals surface area (Å²) in [4.78, 5) is 11.2. The molecule has 1 amide bonds. The zero-order valence-corrected chi connectivity index (χ0v) is 7.34. The number of primary amides is 1. The number of carbonyl (C=O) groups excluding carboxylic acids is 1. The van der Waals surface area contributed by atoms with E-state index >= 15 is 0 Å². The van der Waals surface area contributed by atoms with E-state index in [1.165, 1.54) is 0 Å². The Morgan fingerprint density at radius 1 is 1.50 bits per heavy atom. The van der Waals surface area contributed by atoms with Gasteiger partial charge < -0.3 is 11.5 Å². The van der Waals surface area contributed by atoms with Crippen molar-refractivity contribution in [1.29, 1.82) is 0 Å². The average Bonchev–Trinajstić information content (AvgIpc) is 1.96. The summed E-state index contributed by atoms with van der Waals surface area (Å²) in [5, 5.41) is 0. The predicted molar refractivity (Wildman–Crippen MR) is 51.0 cm³/mol. The molecule has 0 bridgehead atoms. The summed E-state index contributed by atoms with van der Waals surface area (Å²) >= 11 is 4.11. The second-order valence-electron chi connectivity index (χ2n) is 2.54. The molecular formula is C8H10N2OS. The van der Waals surface area contributed by atoms with E-state index in [2.05, 4.69) is 12.6 Å². The van der Waals surface area contributed by atoms with Crippen LogP contribution in [0.4, 0.5) is 5.69 Å². The maximum Gasteiger partial charge on any atom is 0.221 e. The van der Waals surface area contributed by atoms with E-state index in [1.807, 2.05) is 0 Å². The van der Waals surface area contributed by atoms with Crippen molar-refractivity contribution in [2.45, 2.75) is 11.3 Å². The summed E-state index contributed by atoms with van der Waals surface area (Å²) < 4.78 is 0. The topological polar surface area (TPSA) is 69.1 Å². The van der Waals surface area contributed by atoms with Crippen LogP contribution in [0.15, 0.2) is 23.1 Å². The van der Waals surface area contributed by atoms with Crippen LogP contribution >= 0.6 is 12.6 Å². The van der Waals surface area contributed by atoms with Crippen molar-refractivity contribution >= 4 is 24.2 Å². The number of hydrogen-bond donors (Lipinski definition) is 3. The molecular weight excluding hydrogens is 172 g/mol. The lowest BCUT2D eigenvalue weighted by Gasteiger charge is -2.01. The lowest BCUT2D eigenvalue weighted by molar-refractivity contribution is -0.117. The Morgan fingerprint density at radius 3 is 2.67 bits per heavy atom. The van der Waals surface area contributed by atoms with Gasteiger partial charge in [-0.25, -0.2) is 0 Å². The number of nitrogens with two attached hydrogens (primary N) is 2. The van der Waals surface area contributed by atoms with Gasteiger partial charge >= 0.3 is 0 Å². The molecule has 0 atom stereocenters. The molecule has 0 saturated heterocycles. The Labute approximate surface area is 76.2 Å². The second-order valence-corrected chi connectivity index (χ2v) is 3.02. The molecule has 1 aromatic carbocycles. The molecule has 4 heteroatoms. The lowest BCUT2D eigenvalue weighted by Crippen LogP contribution is -2.13. The minimum absolute atomic E-state index is 0.230. The van der Waals surface area contributed by atoms with Gasteiger partial charge in [0.05, 0.1) is 6.42 Å². The zero-order chi connectivity index (χ0) is 9.14. The van der Waals surface area contributed by atoms with Crippen LogP contribution in [0.3, 0.4) is 0 Å². The predicted octanol–water partition coefficient (Wildman–Crippen LogP) is 0.585. The molecule has 12 heavy (non-hydrogen) atoms. The van der Waals surface area contributed by atoms with Gasteiger partial charge in [-0.2, -0.15) is 0 Å². The van der Waals surface area contributed by atoms with Crippen molar-refractivity contribution < 1.29 is 4.79 Å². The van der Waals surface area contributed by atoms with Crippen LogP contribution in [0, 0.1) is 0 Å². The summed E-state index contributed by atoms with van der Waals surface area (Å²) in [5.74, 6) is -0.354. The van der Waals surface area contributed by atoms with Gasteiger partial charge in [0.1, 0.15) is 0 Å². The van der Waals surface area contributed by atoms with Crippen LogP contribution in [0.25, 0.3) is 0 Å². The van der Waals surface area contributed by atoms with E-state index in [-0.39, 0.29) is 12.3 Å². The van der Waals surface area contributed by atoms with Gasteiger partial charge in [0, 0.05) is 10.6 Å². The molecule has 0 aliphatic heterocycles. The van der Waals surface area contributed by atoms with Gasteiger partial charge in [-0.1, -0.05) is 6.07 Å². The summed E-state index contributed by atoms with van der Waals surface area (Å²) in [6.45, 7) is 0.